The summed E-state index contributed by atoms with van der Waals surface area (Å²) in [6.45, 7) is 2.82. The normalized spacial score (nSPS) is 13.2. The van der Waals surface area contributed by atoms with Crippen molar-refractivity contribution in [1.82, 2.24) is 5.32 Å². The molecule has 1 aliphatic carbocycles. The van der Waals surface area contributed by atoms with E-state index in [-0.39, 0.29) is 5.91 Å². The van der Waals surface area contributed by atoms with Crippen LogP contribution in [0.3, 0.4) is 0 Å². The van der Waals surface area contributed by atoms with Gasteiger partial charge in [0.05, 0.1) is 36.6 Å². The summed E-state index contributed by atoms with van der Waals surface area (Å²) in [6, 6.07) is 7.47. The molecule has 1 aromatic carbocycles. The number of rotatable bonds is 8. The molecule has 0 radical (unpaired) electrons. The van der Waals surface area contributed by atoms with E-state index >= 15 is 0 Å². The molecule has 0 unspecified atom stereocenters. The molecule has 2 aromatic heterocycles. The van der Waals surface area contributed by atoms with Crippen LogP contribution >= 0.6 is 27.3 Å². The molecule has 0 aliphatic heterocycles. The minimum atomic E-state index is -0.113. The average molecular weight is 517 g/mol. The van der Waals surface area contributed by atoms with Gasteiger partial charge in [-0.2, -0.15) is 0 Å². The van der Waals surface area contributed by atoms with Gasteiger partial charge in [-0.3, -0.25) is 4.79 Å². The Morgan fingerprint density at radius 1 is 1.34 bits per heavy atom. The number of hydrogen-bond donors (Lipinski definition) is 1. The number of nitrogens with zero attached hydrogens (tertiary/aromatic N) is 1. The van der Waals surface area contributed by atoms with E-state index in [1.165, 1.54) is 4.88 Å². The van der Waals surface area contributed by atoms with Crippen LogP contribution in [0.5, 0.6) is 11.5 Å². The first-order chi connectivity index (χ1) is 15.6. The molecule has 1 amide bonds. The molecule has 6 nitrogen and oxygen atoms in total. The van der Waals surface area contributed by atoms with Crippen molar-refractivity contribution in [3.05, 3.63) is 62.3 Å². The number of thiophene rings is 1. The minimum absolute atomic E-state index is 0.113. The van der Waals surface area contributed by atoms with E-state index in [9.17, 15) is 4.79 Å². The monoisotopic (exact) mass is 516 g/mol. The molecule has 3 aromatic rings. The first-order valence-electron chi connectivity index (χ1n) is 10.6. The van der Waals surface area contributed by atoms with Crippen molar-refractivity contribution in [3.63, 3.8) is 0 Å². The van der Waals surface area contributed by atoms with E-state index in [0.29, 0.717) is 30.2 Å². The van der Waals surface area contributed by atoms with Gasteiger partial charge in [0.2, 0.25) is 0 Å². The van der Waals surface area contributed by atoms with Gasteiger partial charge in [-0.1, -0.05) is 0 Å². The Kier molecular flexibility index (Phi) is 7.32. The highest BCUT2D eigenvalue weighted by molar-refractivity contribution is 9.10. The molecule has 0 saturated heterocycles. The summed E-state index contributed by atoms with van der Waals surface area (Å²) < 4.78 is 17.3. The molecule has 4 rings (SSSR count). The second-order valence-corrected chi connectivity index (χ2v) is 9.32. The second kappa shape index (κ2) is 10.4. The van der Waals surface area contributed by atoms with Gasteiger partial charge < -0.3 is 19.2 Å². The number of aryl methyl sites for hydroxylation is 1. The molecule has 1 N–H and O–H groups in total. The zero-order chi connectivity index (χ0) is 22.5. The molecule has 168 valence electrons. The number of benzene rings is 1. The number of hydrogen-bond acceptors (Lipinski definition) is 6. The third-order valence-electron chi connectivity index (χ3n) is 5.25. The van der Waals surface area contributed by atoms with Gasteiger partial charge in [0.25, 0.3) is 5.91 Å². The van der Waals surface area contributed by atoms with Gasteiger partial charge in [0.1, 0.15) is 10.8 Å². The Morgan fingerprint density at radius 3 is 2.94 bits per heavy atom. The summed E-state index contributed by atoms with van der Waals surface area (Å²) in [5.41, 5.74) is 2.67. The van der Waals surface area contributed by atoms with Crippen LogP contribution in [0, 0.1) is 0 Å². The largest absolute Gasteiger partial charge is 0.493 e. The highest BCUT2D eigenvalue weighted by atomic mass is 79.9. The Bertz CT molecular complexity index is 1120. The lowest BCUT2D eigenvalue weighted by Crippen LogP contribution is -2.23. The number of methoxy groups -OCH3 is 1. The van der Waals surface area contributed by atoms with Crippen LogP contribution in [-0.2, 0) is 19.4 Å². The average Bonchev–Trinajstić information content (AvgIpc) is 3.45. The number of ether oxygens (including phenoxy) is 2. The van der Waals surface area contributed by atoms with Crippen LogP contribution < -0.4 is 14.8 Å². The van der Waals surface area contributed by atoms with E-state index in [1.54, 1.807) is 30.9 Å². The minimum Gasteiger partial charge on any atom is -0.493 e. The third kappa shape index (κ3) is 4.91. The predicted octanol–water partition coefficient (Wildman–Crippen LogP) is 6.07. The number of fused-ring (bicyclic) bond motifs is 1. The van der Waals surface area contributed by atoms with Gasteiger partial charge in [0, 0.05) is 11.1 Å². The molecule has 0 bridgehead atoms. The molecule has 1 aliphatic rings. The number of amides is 1. The Labute approximate surface area is 199 Å². The highest BCUT2D eigenvalue weighted by Crippen LogP contribution is 2.40. The van der Waals surface area contributed by atoms with Crippen LogP contribution in [0.1, 0.15) is 51.9 Å². The van der Waals surface area contributed by atoms with Crippen molar-refractivity contribution >= 4 is 44.4 Å². The van der Waals surface area contributed by atoms with E-state index in [1.807, 2.05) is 31.2 Å². The van der Waals surface area contributed by atoms with Crippen LogP contribution in [0.4, 0.5) is 5.00 Å². The number of halogens is 1. The van der Waals surface area contributed by atoms with E-state index < -0.39 is 0 Å². The summed E-state index contributed by atoms with van der Waals surface area (Å²) in [7, 11) is 1.61. The van der Waals surface area contributed by atoms with E-state index in [2.05, 4.69) is 21.2 Å². The van der Waals surface area contributed by atoms with Crippen LogP contribution in [0.2, 0.25) is 0 Å². The van der Waals surface area contributed by atoms with Gasteiger partial charge >= 0.3 is 0 Å². The predicted molar refractivity (Wildman–Crippen MR) is 130 cm³/mol. The number of furan rings is 1. The molecule has 0 atom stereocenters. The molecule has 2 heterocycles. The lowest BCUT2D eigenvalue weighted by molar-refractivity contribution is 0.0948. The number of carbonyl (C=O) groups is 1. The molecule has 0 spiro atoms. The third-order valence-corrected chi connectivity index (χ3v) is 7.04. The SMILES string of the molecule is CCOc1c(Br)cc(/C=N\c2sc3c(c2C(=O)NCc2ccco2)CCCC3)cc1OC. The van der Waals surface area contributed by atoms with E-state index in [4.69, 9.17) is 18.9 Å². The fourth-order valence-corrected chi connectivity index (χ4v) is 5.58. The molecular formula is C24H25BrN2O4S. The quantitative estimate of drug-likeness (QED) is 0.368. The maximum atomic E-state index is 13.1. The Morgan fingerprint density at radius 2 is 2.19 bits per heavy atom. The topological polar surface area (TPSA) is 73.1 Å². The van der Waals surface area contributed by atoms with Crippen molar-refractivity contribution < 1.29 is 18.7 Å². The molecule has 8 heteroatoms. The summed E-state index contributed by atoms with van der Waals surface area (Å²) in [4.78, 5) is 19.1. The van der Waals surface area contributed by atoms with Crippen molar-refractivity contribution in [2.45, 2.75) is 39.2 Å². The summed E-state index contributed by atoms with van der Waals surface area (Å²) in [5, 5.41) is 3.72. The van der Waals surface area contributed by atoms with Gasteiger partial charge in [0.15, 0.2) is 11.5 Å². The van der Waals surface area contributed by atoms with E-state index in [0.717, 1.165) is 52.0 Å². The molecule has 32 heavy (non-hydrogen) atoms. The van der Waals surface area contributed by atoms with Crippen molar-refractivity contribution in [2.75, 3.05) is 13.7 Å². The standard InChI is InChI=1S/C24H25BrN2O4S/c1-3-30-22-18(25)11-15(12-19(22)29-2)13-27-24-21(17-8-4-5-9-20(17)32-24)23(28)26-14-16-7-6-10-31-16/h6-7,10-13H,3-5,8-9,14H2,1-2H3,(H,26,28)/b27-13-. The maximum absolute atomic E-state index is 13.1. The molecular weight excluding hydrogens is 492 g/mol. The van der Waals surface area contributed by atoms with Crippen molar-refractivity contribution in [1.29, 1.82) is 0 Å². The fourth-order valence-electron chi connectivity index (χ4n) is 3.78. The lowest BCUT2D eigenvalue weighted by atomic mass is 9.95. The first-order valence-corrected chi connectivity index (χ1v) is 12.2. The lowest BCUT2D eigenvalue weighted by Gasteiger charge is -2.12. The fraction of sp³-hybridized carbons (Fsp3) is 0.333. The summed E-state index contributed by atoms with van der Waals surface area (Å²) >= 11 is 5.16. The number of nitrogens with one attached hydrogen (secondary N) is 1. The summed E-state index contributed by atoms with van der Waals surface area (Å²) in [5.74, 6) is 1.90. The smallest absolute Gasteiger partial charge is 0.255 e. The van der Waals surface area contributed by atoms with Gasteiger partial charge in [-0.25, -0.2) is 4.99 Å². The number of aliphatic imine (C=N–C) groups is 1. The number of carbonyl (C=O) groups excluding carboxylic acids is 1. The van der Waals surface area contributed by atoms with Crippen molar-refractivity contribution in [3.8, 4) is 11.5 Å². The van der Waals surface area contributed by atoms with Crippen LogP contribution in [0.25, 0.3) is 0 Å². The molecule has 0 saturated carbocycles. The highest BCUT2D eigenvalue weighted by Gasteiger charge is 2.25. The van der Waals surface area contributed by atoms with Crippen LogP contribution in [0.15, 0.2) is 44.4 Å². The maximum Gasteiger partial charge on any atom is 0.255 e. The first kappa shape index (κ1) is 22.6. The van der Waals surface area contributed by atoms with Crippen LogP contribution in [-0.4, -0.2) is 25.8 Å². The zero-order valence-electron chi connectivity index (χ0n) is 18.1. The Balaban J connectivity index is 1.63. The zero-order valence-corrected chi connectivity index (χ0v) is 20.5. The Hall–Kier alpha value is -2.58. The summed E-state index contributed by atoms with van der Waals surface area (Å²) in [6.07, 6.45) is 7.52. The molecule has 0 fully saturated rings. The second-order valence-electron chi connectivity index (χ2n) is 7.38. The van der Waals surface area contributed by atoms with Gasteiger partial charge in [-0.05, 0) is 83.9 Å². The van der Waals surface area contributed by atoms with Gasteiger partial charge in [-0.15, -0.1) is 11.3 Å². The van der Waals surface area contributed by atoms with Crippen molar-refractivity contribution in [2.24, 2.45) is 4.99 Å².